The second-order valence-electron chi connectivity index (χ2n) is 3.70. The summed E-state index contributed by atoms with van der Waals surface area (Å²) in [4.78, 5) is 8.72. The van der Waals surface area contributed by atoms with E-state index in [0.29, 0.717) is 0 Å². The molecule has 1 rings (SSSR count). The van der Waals surface area contributed by atoms with Crippen LogP contribution in [0.2, 0.25) is 0 Å². The largest absolute Gasteiger partial charge is 0.328 e. The highest BCUT2D eigenvalue weighted by atomic mass is 32.2. The monoisotopic (exact) mass is 225 g/mol. The van der Waals surface area contributed by atoms with Crippen LogP contribution in [0.4, 0.5) is 0 Å². The lowest BCUT2D eigenvalue weighted by Crippen LogP contribution is -2.18. The maximum atomic E-state index is 5.73. The highest BCUT2D eigenvalue weighted by molar-refractivity contribution is 7.98. The highest BCUT2D eigenvalue weighted by Gasteiger charge is 2.02. The Morgan fingerprint density at radius 2 is 2.33 bits per heavy atom. The van der Waals surface area contributed by atoms with Gasteiger partial charge in [-0.05, 0) is 25.2 Å². The molecule has 1 atom stereocenters. The van der Waals surface area contributed by atoms with Crippen LogP contribution in [0.3, 0.4) is 0 Å². The van der Waals surface area contributed by atoms with Crippen molar-refractivity contribution in [1.82, 2.24) is 9.97 Å². The maximum Gasteiger partial charge on any atom is 0.138 e. The number of nitrogens with two attached hydrogens (primary N) is 1. The summed E-state index contributed by atoms with van der Waals surface area (Å²) in [5, 5.41) is 0. The lowest BCUT2D eigenvalue weighted by molar-refractivity contribution is 0.715. The third kappa shape index (κ3) is 5.14. The topological polar surface area (TPSA) is 51.8 Å². The lowest BCUT2D eigenvalue weighted by Gasteiger charge is -2.05. The van der Waals surface area contributed by atoms with Crippen molar-refractivity contribution >= 4 is 11.8 Å². The Kier molecular flexibility index (Phi) is 5.65. The zero-order valence-corrected chi connectivity index (χ0v) is 10.3. The molecule has 0 aliphatic rings. The van der Waals surface area contributed by atoms with E-state index in [9.17, 15) is 0 Å². The number of thioether (sulfide) groups is 1. The Bertz CT molecular complexity index is 289. The summed E-state index contributed by atoms with van der Waals surface area (Å²) in [6.07, 6.45) is 3.85. The van der Waals surface area contributed by atoms with Gasteiger partial charge >= 0.3 is 0 Å². The average Bonchev–Trinajstić information content (AvgIpc) is 2.18. The highest BCUT2D eigenvalue weighted by Crippen LogP contribution is 2.09. The van der Waals surface area contributed by atoms with E-state index in [1.54, 1.807) is 0 Å². The summed E-state index contributed by atoms with van der Waals surface area (Å²) in [6, 6.07) is 2.10. The number of aromatic nitrogens is 2. The third-order valence-electron chi connectivity index (χ3n) is 1.87. The van der Waals surface area contributed by atoms with Crippen molar-refractivity contribution < 1.29 is 0 Å². The Balaban J connectivity index is 2.50. The predicted molar refractivity (Wildman–Crippen MR) is 65.8 cm³/mol. The van der Waals surface area contributed by atoms with E-state index in [-0.39, 0.29) is 6.04 Å². The first-order valence-corrected chi connectivity index (χ1v) is 6.52. The Labute approximate surface area is 95.9 Å². The van der Waals surface area contributed by atoms with Crippen LogP contribution in [0.1, 0.15) is 31.8 Å². The van der Waals surface area contributed by atoms with Gasteiger partial charge < -0.3 is 5.73 Å². The molecule has 1 aromatic rings. The van der Waals surface area contributed by atoms with Gasteiger partial charge in [-0.3, -0.25) is 0 Å². The number of rotatable bonds is 6. The predicted octanol–water partition coefficient (Wildman–Crippen LogP) is 2.01. The molecule has 4 heteroatoms. The van der Waals surface area contributed by atoms with Crippen molar-refractivity contribution in [3.8, 4) is 0 Å². The molecule has 0 saturated heterocycles. The second-order valence-corrected chi connectivity index (χ2v) is 4.80. The molecule has 0 bridgehead atoms. The molecule has 1 aromatic heterocycles. The van der Waals surface area contributed by atoms with Gasteiger partial charge in [-0.15, -0.1) is 0 Å². The molecule has 1 heterocycles. The molecule has 3 nitrogen and oxygen atoms in total. The summed E-state index contributed by atoms with van der Waals surface area (Å²) >= 11 is 1.88. The quantitative estimate of drug-likeness (QED) is 0.752. The Morgan fingerprint density at radius 3 is 3.00 bits per heavy atom. The summed E-state index contributed by atoms with van der Waals surface area (Å²) in [6.45, 7) is 4.17. The Hall–Kier alpha value is -0.610. The van der Waals surface area contributed by atoms with E-state index in [4.69, 9.17) is 5.73 Å². The van der Waals surface area contributed by atoms with Gasteiger partial charge in [0.05, 0.1) is 5.75 Å². The summed E-state index contributed by atoms with van der Waals surface area (Å²) < 4.78 is 0. The van der Waals surface area contributed by atoms with Crippen LogP contribution in [-0.4, -0.2) is 21.8 Å². The van der Waals surface area contributed by atoms with E-state index in [1.165, 1.54) is 12.2 Å². The lowest BCUT2D eigenvalue weighted by atomic mass is 10.2. The van der Waals surface area contributed by atoms with Crippen molar-refractivity contribution in [3.05, 3.63) is 23.8 Å². The molecule has 0 radical (unpaired) electrons. The molecule has 2 N–H and O–H groups in total. The van der Waals surface area contributed by atoms with Gasteiger partial charge in [0.15, 0.2) is 0 Å². The SMILES string of the molecule is CCCSCc1nccc(CC(C)N)n1. The zero-order chi connectivity index (χ0) is 11.1. The molecule has 0 aromatic carbocycles. The van der Waals surface area contributed by atoms with Gasteiger partial charge in [-0.25, -0.2) is 9.97 Å². The van der Waals surface area contributed by atoms with Crippen LogP contribution in [0, 0.1) is 0 Å². The van der Waals surface area contributed by atoms with Gasteiger partial charge in [0.2, 0.25) is 0 Å². The van der Waals surface area contributed by atoms with Gasteiger partial charge in [0.25, 0.3) is 0 Å². The Morgan fingerprint density at radius 1 is 1.53 bits per heavy atom. The van der Waals surface area contributed by atoms with Crippen molar-refractivity contribution in [3.63, 3.8) is 0 Å². The molecule has 1 unspecified atom stereocenters. The minimum absolute atomic E-state index is 0.163. The average molecular weight is 225 g/mol. The second kappa shape index (κ2) is 6.80. The zero-order valence-electron chi connectivity index (χ0n) is 9.44. The summed E-state index contributed by atoms with van der Waals surface area (Å²) in [5.74, 6) is 2.99. The fourth-order valence-corrected chi connectivity index (χ4v) is 2.02. The fraction of sp³-hybridized carbons (Fsp3) is 0.636. The molecule has 0 saturated carbocycles. The van der Waals surface area contributed by atoms with E-state index in [2.05, 4.69) is 16.9 Å². The molecule has 84 valence electrons. The molecule has 0 amide bonds. The van der Waals surface area contributed by atoms with Gasteiger partial charge in [-0.2, -0.15) is 11.8 Å². The van der Waals surface area contributed by atoms with Gasteiger partial charge in [-0.1, -0.05) is 6.92 Å². The van der Waals surface area contributed by atoms with Crippen molar-refractivity contribution in [2.75, 3.05) is 5.75 Å². The normalized spacial score (nSPS) is 12.7. The first-order chi connectivity index (χ1) is 7.22. The standard InChI is InChI=1S/C11H19N3S/c1-3-6-15-8-11-13-5-4-10(14-11)7-9(2)12/h4-5,9H,3,6-8,12H2,1-2H3. The molecule has 0 spiro atoms. The smallest absolute Gasteiger partial charge is 0.138 e. The fourth-order valence-electron chi connectivity index (χ4n) is 1.26. The van der Waals surface area contributed by atoms with E-state index in [0.717, 1.165) is 23.7 Å². The van der Waals surface area contributed by atoms with E-state index >= 15 is 0 Å². The number of hydrogen-bond acceptors (Lipinski definition) is 4. The molecular formula is C11H19N3S. The third-order valence-corrected chi connectivity index (χ3v) is 3.03. The molecule has 0 fully saturated rings. The van der Waals surface area contributed by atoms with Gasteiger partial charge in [0, 0.05) is 24.4 Å². The van der Waals surface area contributed by atoms with E-state index < -0.39 is 0 Å². The molecular weight excluding hydrogens is 206 g/mol. The van der Waals surface area contributed by atoms with Crippen LogP contribution in [0.5, 0.6) is 0 Å². The van der Waals surface area contributed by atoms with Crippen LogP contribution < -0.4 is 5.73 Å². The minimum Gasteiger partial charge on any atom is -0.328 e. The van der Waals surface area contributed by atoms with Crippen molar-refractivity contribution in [1.29, 1.82) is 0 Å². The van der Waals surface area contributed by atoms with Crippen LogP contribution in [0.15, 0.2) is 12.3 Å². The number of nitrogens with zero attached hydrogens (tertiary/aromatic N) is 2. The summed E-state index contributed by atoms with van der Waals surface area (Å²) in [5.41, 5.74) is 6.78. The molecule has 0 aliphatic heterocycles. The minimum atomic E-state index is 0.163. The first-order valence-electron chi connectivity index (χ1n) is 5.36. The summed E-state index contributed by atoms with van der Waals surface area (Å²) in [7, 11) is 0. The first kappa shape index (κ1) is 12.5. The molecule has 0 aliphatic carbocycles. The van der Waals surface area contributed by atoms with Crippen molar-refractivity contribution in [2.45, 2.75) is 38.5 Å². The maximum absolute atomic E-state index is 5.73. The van der Waals surface area contributed by atoms with Crippen LogP contribution in [-0.2, 0) is 12.2 Å². The van der Waals surface area contributed by atoms with Crippen LogP contribution in [0.25, 0.3) is 0 Å². The van der Waals surface area contributed by atoms with E-state index in [1.807, 2.05) is 30.9 Å². The molecule has 15 heavy (non-hydrogen) atoms. The van der Waals surface area contributed by atoms with Crippen molar-refractivity contribution in [2.24, 2.45) is 5.73 Å². The van der Waals surface area contributed by atoms with Crippen LogP contribution >= 0.6 is 11.8 Å². The number of hydrogen-bond donors (Lipinski definition) is 1. The van der Waals surface area contributed by atoms with Gasteiger partial charge in [0.1, 0.15) is 5.82 Å².